The predicted molar refractivity (Wildman–Crippen MR) is 113 cm³/mol. The highest BCUT2D eigenvalue weighted by Crippen LogP contribution is 2.31. The summed E-state index contributed by atoms with van der Waals surface area (Å²) in [4.78, 5) is 15.9. The van der Waals surface area contributed by atoms with Gasteiger partial charge in [0.15, 0.2) is 0 Å². The van der Waals surface area contributed by atoms with Gasteiger partial charge in [-0.3, -0.25) is 0 Å². The second kappa shape index (κ2) is 8.49. The van der Waals surface area contributed by atoms with Crippen molar-refractivity contribution in [2.75, 3.05) is 7.11 Å². The van der Waals surface area contributed by atoms with E-state index in [2.05, 4.69) is 14.9 Å². The summed E-state index contributed by atoms with van der Waals surface area (Å²) in [5.74, 6) is -1.08. The summed E-state index contributed by atoms with van der Waals surface area (Å²) in [5, 5.41) is 13.8. The maximum Gasteiger partial charge on any atom is 0.340 e. The molecule has 31 heavy (non-hydrogen) atoms. The molecule has 0 spiro atoms. The number of benzene rings is 3. The third kappa shape index (κ3) is 3.95. The van der Waals surface area contributed by atoms with Crippen LogP contribution < -0.4 is 0 Å². The Balaban J connectivity index is 1.67. The number of methoxy groups -OCH3 is 1. The molecule has 0 radical (unpaired) electrons. The minimum absolute atomic E-state index is 0.154. The van der Waals surface area contributed by atoms with Crippen LogP contribution in [0.25, 0.3) is 34.0 Å². The van der Waals surface area contributed by atoms with Gasteiger partial charge in [-0.2, -0.15) is 4.98 Å². The van der Waals surface area contributed by atoms with E-state index in [0.29, 0.717) is 11.1 Å². The molecule has 7 heteroatoms. The molecule has 6 nitrogen and oxygen atoms in total. The third-order valence-electron chi connectivity index (χ3n) is 5.02. The van der Waals surface area contributed by atoms with Gasteiger partial charge in [-0.15, -0.1) is 0 Å². The Morgan fingerprint density at radius 3 is 2.55 bits per heavy atom. The summed E-state index contributed by atoms with van der Waals surface area (Å²) in [6.45, 7) is 1.86. The average molecular weight is 418 g/mol. The highest BCUT2D eigenvalue weighted by Gasteiger charge is 2.17. The SMILES string of the molecule is COC(=O)c1ccc(-c2noc(-c3ccc(-c4ccccc4C)c(CO)c3)n2)cc1F. The Morgan fingerprint density at radius 1 is 1.06 bits per heavy atom. The molecule has 4 aromatic rings. The minimum atomic E-state index is -0.761. The van der Waals surface area contributed by atoms with Gasteiger partial charge in [0.2, 0.25) is 5.82 Å². The lowest BCUT2D eigenvalue weighted by Gasteiger charge is -2.11. The summed E-state index contributed by atoms with van der Waals surface area (Å²) >= 11 is 0. The largest absolute Gasteiger partial charge is 0.465 e. The van der Waals surface area contributed by atoms with Gasteiger partial charge >= 0.3 is 5.97 Å². The van der Waals surface area contributed by atoms with Gasteiger partial charge in [-0.05, 0) is 59.5 Å². The van der Waals surface area contributed by atoms with Crippen LogP contribution in [-0.4, -0.2) is 28.3 Å². The highest BCUT2D eigenvalue weighted by atomic mass is 19.1. The molecule has 1 aromatic heterocycles. The minimum Gasteiger partial charge on any atom is -0.465 e. The number of halogens is 1. The number of ether oxygens (including phenoxy) is 1. The first kappa shape index (κ1) is 20.4. The van der Waals surface area contributed by atoms with Crippen molar-refractivity contribution in [1.82, 2.24) is 10.1 Å². The topological polar surface area (TPSA) is 85.5 Å². The van der Waals surface area contributed by atoms with E-state index in [9.17, 15) is 14.3 Å². The molecule has 0 atom stereocenters. The van der Waals surface area contributed by atoms with Crippen LogP contribution in [-0.2, 0) is 11.3 Å². The molecule has 0 amide bonds. The van der Waals surface area contributed by atoms with Crippen molar-refractivity contribution in [1.29, 1.82) is 0 Å². The number of esters is 1. The van der Waals surface area contributed by atoms with Gasteiger partial charge in [0.25, 0.3) is 5.89 Å². The molecular weight excluding hydrogens is 399 g/mol. The number of rotatable bonds is 5. The second-order valence-corrected chi connectivity index (χ2v) is 6.95. The summed E-state index contributed by atoms with van der Waals surface area (Å²) < 4.78 is 24.1. The van der Waals surface area contributed by atoms with Crippen LogP contribution in [0.5, 0.6) is 0 Å². The lowest BCUT2D eigenvalue weighted by molar-refractivity contribution is 0.0595. The Hall–Kier alpha value is -3.84. The zero-order valence-electron chi connectivity index (χ0n) is 16.9. The number of nitrogens with zero attached hydrogens (tertiary/aromatic N) is 2. The molecular formula is C24H19FN2O4. The number of aliphatic hydroxyl groups is 1. The maximum atomic E-state index is 14.2. The molecule has 0 aliphatic rings. The fraction of sp³-hybridized carbons (Fsp3) is 0.125. The van der Waals surface area contributed by atoms with E-state index in [0.717, 1.165) is 28.3 Å². The van der Waals surface area contributed by atoms with Crippen LogP contribution in [0.1, 0.15) is 21.5 Å². The number of hydrogen-bond donors (Lipinski definition) is 1. The third-order valence-corrected chi connectivity index (χ3v) is 5.02. The van der Waals surface area contributed by atoms with Crippen LogP contribution in [0.2, 0.25) is 0 Å². The Morgan fingerprint density at radius 2 is 1.84 bits per heavy atom. The molecule has 4 rings (SSSR count). The van der Waals surface area contributed by atoms with E-state index >= 15 is 0 Å². The van der Waals surface area contributed by atoms with Crippen LogP contribution in [0, 0.1) is 12.7 Å². The van der Waals surface area contributed by atoms with Crippen molar-refractivity contribution < 1.29 is 23.6 Å². The molecule has 0 aliphatic carbocycles. The normalized spacial score (nSPS) is 10.8. The number of aliphatic hydroxyl groups excluding tert-OH is 1. The Kier molecular flexibility index (Phi) is 5.60. The molecule has 1 heterocycles. The van der Waals surface area contributed by atoms with E-state index < -0.39 is 11.8 Å². The van der Waals surface area contributed by atoms with Crippen LogP contribution in [0.15, 0.2) is 65.2 Å². The first-order valence-corrected chi connectivity index (χ1v) is 9.54. The van der Waals surface area contributed by atoms with Gasteiger partial charge in [0.05, 0.1) is 19.3 Å². The first-order chi connectivity index (χ1) is 15.0. The lowest BCUT2D eigenvalue weighted by Crippen LogP contribution is -2.04. The van der Waals surface area contributed by atoms with Gasteiger partial charge in [0, 0.05) is 11.1 Å². The molecule has 0 saturated carbocycles. The Labute approximate surface area is 177 Å². The van der Waals surface area contributed by atoms with Gasteiger partial charge in [-0.1, -0.05) is 35.5 Å². The van der Waals surface area contributed by atoms with E-state index in [4.69, 9.17) is 4.52 Å². The molecule has 1 N–H and O–H groups in total. The van der Waals surface area contributed by atoms with Crippen LogP contribution in [0.4, 0.5) is 4.39 Å². The summed E-state index contributed by atoms with van der Waals surface area (Å²) in [7, 11) is 1.19. The number of aromatic nitrogens is 2. The second-order valence-electron chi connectivity index (χ2n) is 6.95. The highest BCUT2D eigenvalue weighted by molar-refractivity contribution is 5.90. The van der Waals surface area contributed by atoms with Gasteiger partial charge in [0.1, 0.15) is 5.82 Å². The van der Waals surface area contributed by atoms with Gasteiger partial charge < -0.3 is 14.4 Å². The summed E-state index contributed by atoms with van der Waals surface area (Å²) in [6.07, 6.45) is 0. The van der Waals surface area contributed by atoms with Crippen LogP contribution in [0.3, 0.4) is 0 Å². The zero-order valence-corrected chi connectivity index (χ0v) is 16.9. The van der Waals surface area contributed by atoms with Crippen molar-refractivity contribution in [3.05, 3.63) is 83.2 Å². The number of carbonyl (C=O) groups is 1. The summed E-state index contributed by atoms with van der Waals surface area (Å²) in [5.41, 5.74) is 4.60. The van der Waals surface area contributed by atoms with Crippen LogP contribution >= 0.6 is 0 Å². The fourth-order valence-electron chi connectivity index (χ4n) is 3.38. The Bertz CT molecular complexity index is 1270. The number of carbonyl (C=O) groups excluding carboxylic acids is 1. The van der Waals surface area contributed by atoms with E-state index in [-0.39, 0.29) is 23.9 Å². The zero-order chi connectivity index (χ0) is 22.0. The molecule has 0 saturated heterocycles. The van der Waals surface area contributed by atoms with Gasteiger partial charge in [-0.25, -0.2) is 9.18 Å². The molecule has 3 aromatic carbocycles. The molecule has 0 fully saturated rings. The summed E-state index contributed by atoms with van der Waals surface area (Å²) in [6, 6.07) is 17.4. The van der Waals surface area contributed by atoms with E-state index in [1.165, 1.54) is 19.2 Å². The van der Waals surface area contributed by atoms with E-state index in [1.54, 1.807) is 6.07 Å². The molecule has 0 unspecified atom stereocenters. The predicted octanol–water partition coefficient (Wildman–Crippen LogP) is 4.80. The molecule has 0 aliphatic heterocycles. The fourth-order valence-corrected chi connectivity index (χ4v) is 3.38. The first-order valence-electron chi connectivity index (χ1n) is 9.54. The average Bonchev–Trinajstić information content (AvgIpc) is 3.29. The monoisotopic (exact) mass is 418 g/mol. The van der Waals surface area contributed by atoms with Crippen molar-refractivity contribution in [2.45, 2.75) is 13.5 Å². The smallest absolute Gasteiger partial charge is 0.340 e. The van der Waals surface area contributed by atoms with Crippen molar-refractivity contribution in [3.8, 4) is 34.0 Å². The molecule has 156 valence electrons. The van der Waals surface area contributed by atoms with Crippen molar-refractivity contribution >= 4 is 5.97 Å². The quantitative estimate of drug-likeness (QED) is 0.469. The van der Waals surface area contributed by atoms with Crippen molar-refractivity contribution in [3.63, 3.8) is 0 Å². The standard InChI is InChI=1S/C24H19FN2O4/c1-14-5-3-4-6-18(14)19-9-8-16(11-17(19)13-28)23-26-22(27-31-23)15-7-10-20(21(25)12-15)24(29)30-2/h3-12,28H,13H2,1-2H3. The van der Waals surface area contributed by atoms with Crippen molar-refractivity contribution in [2.24, 2.45) is 0 Å². The lowest BCUT2D eigenvalue weighted by atomic mass is 9.95. The number of aryl methyl sites for hydroxylation is 1. The maximum absolute atomic E-state index is 14.2. The van der Waals surface area contributed by atoms with E-state index in [1.807, 2.05) is 43.3 Å². The number of hydrogen-bond acceptors (Lipinski definition) is 6. The molecule has 0 bridgehead atoms.